The fraction of sp³-hybridized carbons (Fsp3) is 0. The molecule has 0 amide bonds. The molecule has 2 aromatic carbocycles. The van der Waals surface area contributed by atoms with Gasteiger partial charge < -0.3 is 10.2 Å². The van der Waals surface area contributed by atoms with Crippen molar-refractivity contribution >= 4 is 17.8 Å². The highest BCUT2D eigenvalue weighted by Crippen LogP contribution is 2.20. The van der Waals surface area contributed by atoms with Crippen LogP contribution in [0.4, 0.5) is 0 Å². The van der Waals surface area contributed by atoms with Gasteiger partial charge in [0.2, 0.25) is 0 Å². The van der Waals surface area contributed by atoms with E-state index < -0.39 is 5.97 Å². The van der Waals surface area contributed by atoms with Crippen LogP contribution in [0.3, 0.4) is 0 Å². The molecule has 0 aliphatic carbocycles. The van der Waals surface area contributed by atoms with Crippen molar-refractivity contribution in [2.24, 2.45) is 0 Å². The van der Waals surface area contributed by atoms with E-state index in [4.69, 9.17) is 5.11 Å². The summed E-state index contributed by atoms with van der Waals surface area (Å²) in [6.07, 6.45) is 2.70. The fourth-order valence-electron chi connectivity index (χ4n) is 1.69. The lowest BCUT2D eigenvalue weighted by Crippen LogP contribution is -1.96. The predicted molar refractivity (Wildman–Crippen MR) is 74.9 cm³/mol. The van der Waals surface area contributed by atoms with Crippen LogP contribution in [0.1, 0.15) is 26.3 Å². The highest BCUT2D eigenvalue weighted by atomic mass is 16.4. The largest absolute Gasteiger partial charge is 0.507 e. The van der Waals surface area contributed by atoms with Crippen LogP contribution in [0, 0.1) is 0 Å². The molecular formula is C16H12O4. The van der Waals surface area contributed by atoms with Gasteiger partial charge in [-0.05, 0) is 30.4 Å². The molecule has 4 nitrogen and oxygen atoms in total. The summed E-state index contributed by atoms with van der Waals surface area (Å²) in [6, 6.07) is 12.6. The Morgan fingerprint density at radius 3 is 2.30 bits per heavy atom. The number of allylic oxidation sites excluding steroid dienone is 1. The number of rotatable bonds is 4. The zero-order chi connectivity index (χ0) is 14.5. The van der Waals surface area contributed by atoms with Gasteiger partial charge in [0.25, 0.3) is 0 Å². The lowest BCUT2D eigenvalue weighted by atomic mass is 10.1. The van der Waals surface area contributed by atoms with Gasteiger partial charge in [-0.1, -0.05) is 30.3 Å². The lowest BCUT2D eigenvalue weighted by Gasteiger charge is -2.01. The first-order chi connectivity index (χ1) is 9.58. The standard InChI is InChI=1S/C16H12O4/c17-14(11-4-2-1-3-5-11)8-6-12-10-13(16(19)20)7-9-15(12)18/h1-10,18H,(H,19,20)/b8-6+. The molecule has 0 radical (unpaired) electrons. The second-order valence-electron chi connectivity index (χ2n) is 4.14. The van der Waals surface area contributed by atoms with E-state index in [1.165, 1.54) is 30.4 Å². The van der Waals surface area contributed by atoms with E-state index >= 15 is 0 Å². The number of aromatic hydroxyl groups is 1. The average Bonchev–Trinajstić information content (AvgIpc) is 2.46. The number of phenols is 1. The summed E-state index contributed by atoms with van der Waals surface area (Å²) in [5.74, 6) is -1.38. The maximum Gasteiger partial charge on any atom is 0.335 e. The molecule has 0 saturated carbocycles. The van der Waals surface area contributed by atoms with Crippen LogP contribution < -0.4 is 0 Å². The quantitative estimate of drug-likeness (QED) is 0.660. The number of hydrogen-bond donors (Lipinski definition) is 2. The van der Waals surface area contributed by atoms with Crippen molar-refractivity contribution in [2.45, 2.75) is 0 Å². The first-order valence-electron chi connectivity index (χ1n) is 5.91. The Hall–Kier alpha value is -2.88. The first kappa shape index (κ1) is 13.5. The summed E-state index contributed by atoms with van der Waals surface area (Å²) in [7, 11) is 0. The molecule has 0 heterocycles. The van der Waals surface area contributed by atoms with E-state index in [0.29, 0.717) is 5.56 Å². The molecule has 100 valence electrons. The number of ketones is 1. The average molecular weight is 268 g/mol. The number of phenolic OH excluding ortho intramolecular Hbond substituents is 1. The smallest absolute Gasteiger partial charge is 0.335 e. The molecule has 0 spiro atoms. The number of carboxylic acid groups (broad SMARTS) is 1. The summed E-state index contributed by atoms with van der Waals surface area (Å²) < 4.78 is 0. The Kier molecular flexibility index (Phi) is 3.96. The molecule has 0 saturated heterocycles. The number of aromatic carboxylic acids is 1. The van der Waals surface area contributed by atoms with E-state index in [1.807, 2.05) is 6.07 Å². The summed E-state index contributed by atoms with van der Waals surface area (Å²) in [4.78, 5) is 22.7. The molecule has 0 unspecified atom stereocenters. The first-order valence-corrected chi connectivity index (χ1v) is 5.91. The van der Waals surface area contributed by atoms with E-state index in [0.717, 1.165) is 0 Å². The van der Waals surface area contributed by atoms with Gasteiger partial charge in [-0.15, -0.1) is 0 Å². The summed E-state index contributed by atoms with van der Waals surface area (Å²) in [5.41, 5.74) is 0.862. The van der Waals surface area contributed by atoms with Crippen molar-refractivity contribution in [1.82, 2.24) is 0 Å². The van der Waals surface area contributed by atoms with Crippen LogP contribution in [-0.2, 0) is 0 Å². The molecule has 20 heavy (non-hydrogen) atoms. The molecule has 0 aliphatic heterocycles. The molecule has 0 aliphatic rings. The van der Waals surface area contributed by atoms with Gasteiger partial charge in [-0.3, -0.25) is 4.79 Å². The second-order valence-corrected chi connectivity index (χ2v) is 4.14. The molecule has 0 fully saturated rings. The van der Waals surface area contributed by atoms with Crippen molar-refractivity contribution in [3.8, 4) is 5.75 Å². The maximum absolute atomic E-state index is 11.9. The molecular weight excluding hydrogens is 256 g/mol. The normalized spacial score (nSPS) is 10.6. The number of benzene rings is 2. The van der Waals surface area contributed by atoms with Crippen LogP contribution in [0.5, 0.6) is 5.75 Å². The van der Waals surface area contributed by atoms with Crippen LogP contribution in [0.15, 0.2) is 54.6 Å². The topological polar surface area (TPSA) is 74.6 Å². The Morgan fingerprint density at radius 2 is 1.65 bits per heavy atom. The van der Waals surface area contributed by atoms with Crippen molar-refractivity contribution in [2.75, 3.05) is 0 Å². The molecule has 4 heteroatoms. The Bertz CT molecular complexity index is 672. The Labute approximate surface area is 115 Å². The van der Waals surface area contributed by atoms with Gasteiger partial charge in [0, 0.05) is 11.1 Å². The van der Waals surface area contributed by atoms with Crippen LogP contribution in [-0.4, -0.2) is 22.0 Å². The van der Waals surface area contributed by atoms with Gasteiger partial charge >= 0.3 is 5.97 Å². The molecule has 0 aromatic heterocycles. The monoisotopic (exact) mass is 268 g/mol. The van der Waals surface area contributed by atoms with E-state index in [1.54, 1.807) is 24.3 Å². The fourth-order valence-corrected chi connectivity index (χ4v) is 1.69. The number of hydrogen-bond acceptors (Lipinski definition) is 3. The van der Waals surface area contributed by atoms with E-state index in [9.17, 15) is 14.7 Å². The van der Waals surface area contributed by atoms with E-state index in [2.05, 4.69) is 0 Å². The van der Waals surface area contributed by atoms with Gasteiger partial charge in [0.1, 0.15) is 5.75 Å². The predicted octanol–water partition coefficient (Wildman–Crippen LogP) is 2.99. The third-order valence-electron chi connectivity index (χ3n) is 2.75. The van der Waals surface area contributed by atoms with Crippen LogP contribution >= 0.6 is 0 Å². The zero-order valence-electron chi connectivity index (χ0n) is 10.5. The van der Waals surface area contributed by atoms with Crippen LogP contribution in [0.2, 0.25) is 0 Å². The number of carbonyl (C=O) groups is 2. The highest BCUT2D eigenvalue weighted by Gasteiger charge is 2.06. The number of carbonyl (C=O) groups excluding carboxylic acids is 1. The van der Waals surface area contributed by atoms with Crippen molar-refractivity contribution in [1.29, 1.82) is 0 Å². The van der Waals surface area contributed by atoms with Crippen molar-refractivity contribution in [3.63, 3.8) is 0 Å². The highest BCUT2D eigenvalue weighted by molar-refractivity contribution is 6.07. The number of carboxylic acids is 1. The third kappa shape index (κ3) is 3.11. The van der Waals surface area contributed by atoms with Gasteiger partial charge in [-0.25, -0.2) is 4.79 Å². The van der Waals surface area contributed by atoms with Gasteiger partial charge in [-0.2, -0.15) is 0 Å². The minimum absolute atomic E-state index is 0.0506. The molecule has 2 aromatic rings. The minimum atomic E-state index is -1.09. The van der Waals surface area contributed by atoms with Crippen LogP contribution in [0.25, 0.3) is 6.08 Å². The van der Waals surface area contributed by atoms with Crippen molar-refractivity contribution in [3.05, 3.63) is 71.3 Å². The SMILES string of the molecule is O=C(O)c1ccc(O)c(/C=C/C(=O)c2ccccc2)c1. The van der Waals surface area contributed by atoms with Gasteiger partial charge in [0.05, 0.1) is 5.56 Å². The minimum Gasteiger partial charge on any atom is -0.507 e. The lowest BCUT2D eigenvalue weighted by molar-refractivity contribution is 0.0696. The zero-order valence-corrected chi connectivity index (χ0v) is 10.5. The summed E-state index contributed by atoms with van der Waals surface area (Å²) in [5, 5.41) is 18.5. The van der Waals surface area contributed by atoms with Gasteiger partial charge in [0.15, 0.2) is 5.78 Å². The maximum atomic E-state index is 11.9. The Balaban J connectivity index is 2.25. The Morgan fingerprint density at radius 1 is 0.950 bits per heavy atom. The molecule has 0 bridgehead atoms. The third-order valence-corrected chi connectivity index (χ3v) is 2.75. The molecule has 2 N–H and O–H groups in total. The van der Waals surface area contributed by atoms with E-state index in [-0.39, 0.29) is 22.7 Å². The molecule has 2 rings (SSSR count). The van der Waals surface area contributed by atoms with Crippen molar-refractivity contribution < 1.29 is 19.8 Å². The summed E-state index contributed by atoms with van der Waals surface area (Å²) in [6.45, 7) is 0. The molecule has 0 atom stereocenters. The second kappa shape index (κ2) is 5.84. The summed E-state index contributed by atoms with van der Waals surface area (Å²) >= 11 is 0.